The molecule has 0 bridgehead atoms. The van der Waals surface area contributed by atoms with Crippen molar-refractivity contribution in [2.24, 2.45) is 0 Å². The van der Waals surface area contributed by atoms with Crippen LogP contribution in [0.3, 0.4) is 0 Å². The van der Waals surface area contributed by atoms with Crippen LogP contribution in [0.5, 0.6) is 5.75 Å². The number of methoxy groups -OCH3 is 1. The Hall–Kier alpha value is -1.35. The predicted octanol–water partition coefficient (Wildman–Crippen LogP) is 4.88. The van der Waals surface area contributed by atoms with Gasteiger partial charge in [-0.2, -0.15) is 0 Å². The molecule has 0 radical (unpaired) electrons. The molecule has 0 aliphatic rings. The third-order valence-corrected chi connectivity index (χ3v) is 4.40. The number of benzene rings is 1. The first-order chi connectivity index (χ1) is 10.0. The van der Waals surface area contributed by atoms with E-state index >= 15 is 0 Å². The van der Waals surface area contributed by atoms with E-state index in [0.29, 0.717) is 13.2 Å². The first-order valence-electron chi connectivity index (χ1n) is 6.93. The Morgan fingerprint density at radius 1 is 1.14 bits per heavy atom. The van der Waals surface area contributed by atoms with E-state index in [1.165, 1.54) is 5.82 Å². The van der Waals surface area contributed by atoms with Crippen molar-refractivity contribution in [1.29, 1.82) is 0 Å². The van der Waals surface area contributed by atoms with Gasteiger partial charge in [-0.3, -0.25) is 4.57 Å². The van der Waals surface area contributed by atoms with Gasteiger partial charge in [0.1, 0.15) is 5.75 Å². The van der Waals surface area contributed by atoms with Crippen molar-refractivity contribution in [3.05, 3.63) is 47.3 Å². The molecule has 1 aromatic carbocycles. The van der Waals surface area contributed by atoms with Gasteiger partial charge in [-0.1, -0.05) is 29.9 Å². The molecule has 0 aromatic heterocycles. The van der Waals surface area contributed by atoms with Gasteiger partial charge in [0.15, 0.2) is 0 Å². The van der Waals surface area contributed by atoms with Gasteiger partial charge in [0, 0.05) is 5.82 Å². The van der Waals surface area contributed by atoms with Crippen molar-refractivity contribution in [3.8, 4) is 5.75 Å². The normalized spacial score (nSPS) is 12.9. The summed E-state index contributed by atoms with van der Waals surface area (Å²) in [6, 6.07) is 7.71. The SMILES string of the molecule is CCOP(=O)(C=CC(C)=Cc1ccc(OC)cc1)OCC. The summed E-state index contributed by atoms with van der Waals surface area (Å²) in [6.07, 6.45) is 3.74. The lowest BCUT2D eigenvalue weighted by Crippen LogP contribution is -1.92. The second-order valence-corrected chi connectivity index (χ2v) is 6.25. The van der Waals surface area contributed by atoms with Crippen LogP contribution in [0.25, 0.3) is 6.08 Å². The van der Waals surface area contributed by atoms with Gasteiger partial charge in [-0.15, -0.1) is 0 Å². The second-order valence-electron chi connectivity index (χ2n) is 4.35. The average Bonchev–Trinajstić information content (AvgIpc) is 2.47. The first kappa shape index (κ1) is 17.7. The highest BCUT2D eigenvalue weighted by atomic mass is 31.2. The van der Waals surface area contributed by atoms with Crippen molar-refractivity contribution in [2.45, 2.75) is 20.8 Å². The lowest BCUT2D eigenvalue weighted by molar-refractivity contribution is 0.229. The number of allylic oxidation sites excluding steroid dienone is 2. The summed E-state index contributed by atoms with van der Waals surface area (Å²) in [5.41, 5.74) is 2.00. The van der Waals surface area contributed by atoms with Crippen molar-refractivity contribution in [1.82, 2.24) is 0 Å². The van der Waals surface area contributed by atoms with Crippen LogP contribution in [0.1, 0.15) is 26.3 Å². The molecule has 116 valence electrons. The first-order valence-corrected chi connectivity index (χ1v) is 8.54. The molecule has 0 amide bonds. The summed E-state index contributed by atoms with van der Waals surface area (Å²) >= 11 is 0. The Bertz CT molecular complexity index is 522. The zero-order valence-corrected chi connectivity index (χ0v) is 13.9. The molecule has 21 heavy (non-hydrogen) atoms. The zero-order valence-electron chi connectivity index (χ0n) is 13.0. The lowest BCUT2D eigenvalue weighted by atomic mass is 10.1. The highest BCUT2D eigenvalue weighted by Crippen LogP contribution is 2.49. The molecule has 5 heteroatoms. The summed E-state index contributed by atoms with van der Waals surface area (Å²) in [5, 5.41) is 0. The predicted molar refractivity (Wildman–Crippen MR) is 86.6 cm³/mol. The highest BCUT2D eigenvalue weighted by molar-refractivity contribution is 7.57. The molecule has 0 aliphatic carbocycles. The molecule has 0 atom stereocenters. The Morgan fingerprint density at radius 2 is 1.71 bits per heavy atom. The van der Waals surface area contributed by atoms with E-state index in [2.05, 4.69) is 0 Å². The minimum absolute atomic E-state index is 0.350. The quantitative estimate of drug-likeness (QED) is 0.507. The minimum atomic E-state index is -3.13. The molecule has 4 nitrogen and oxygen atoms in total. The van der Waals surface area contributed by atoms with Crippen molar-refractivity contribution in [2.75, 3.05) is 20.3 Å². The standard InChI is InChI=1S/C16H23O4P/c1-5-19-21(17,20-6-2)12-11-14(3)13-15-7-9-16(18-4)10-8-15/h7-13H,5-6H2,1-4H3. The molecule has 0 saturated carbocycles. The van der Waals surface area contributed by atoms with Crippen LogP contribution in [-0.4, -0.2) is 20.3 Å². The van der Waals surface area contributed by atoms with Crippen molar-refractivity contribution in [3.63, 3.8) is 0 Å². The summed E-state index contributed by atoms with van der Waals surface area (Å²) in [4.78, 5) is 0. The monoisotopic (exact) mass is 310 g/mol. The molecular weight excluding hydrogens is 287 g/mol. The van der Waals surface area contributed by atoms with E-state index in [0.717, 1.165) is 16.9 Å². The molecule has 0 aliphatic heterocycles. The summed E-state index contributed by atoms with van der Waals surface area (Å²) < 4.78 is 27.8. The number of rotatable bonds is 8. The van der Waals surface area contributed by atoms with Crippen LogP contribution >= 0.6 is 7.60 Å². The smallest absolute Gasteiger partial charge is 0.354 e. The van der Waals surface area contributed by atoms with E-state index < -0.39 is 7.60 Å². The summed E-state index contributed by atoms with van der Waals surface area (Å²) in [7, 11) is -1.50. The summed E-state index contributed by atoms with van der Waals surface area (Å²) in [5.74, 6) is 2.33. The molecule has 0 saturated heterocycles. The van der Waals surface area contributed by atoms with Gasteiger partial charge in [0.2, 0.25) is 0 Å². The number of hydrogen-bond acceptors (Lipinski definition) is 4. The van der Waals surface area contributed by atoms with E-state index in [9.17, 15) is 4.57 Å². The Kier molecular flexibility index (Phi) is 7.44. The third kappa shape index (κ3) is 6.30. The van der Waals surface area contributed by atoms with Crippen LogP contribution in [0, 0.1) is 0 Å². The minimum Gasteiger partial charge on any atom is -0.497 e. The van der Waals surface area contributed by atoms with Crippen molar-refractivity contribution >= 4 is 13.7 Å². The van der Waals surface area contributed by atoms with Crippen LogP contribution in [0.4, 0.5) is 0 Å². The average molecular weight is 310 g/mol. The summed E-state index contributed by atoms with van der Waals surface area (Å²) in [6.45, 7) is 6.22. The van der Waals surface area contributed by atoms with Gasteiger partial charge >= 0.3 is 7.60 Å². The Balaban J connectivity index is 2.81. The van der Waals surface area contributed by atoms with Gasteiger partial charge in [-0.05, 0) is 38.5 Å². The fourth-order valence-corrected chi connectivity index (χ4v) is 3.09. The maximum absolute atomic E-state index is 12.3. The molecule has 0 unspecified atom stereocenters. The molecule has 0 heterocycles. The molecular formula is C16H23O4P. The highest BCUT2D eigenvalue weighted by Gasteiger charge is 2.18. The third-order valence-electron chi connectivity index (χ3n) is 2.65. The van der Waals surface area contributed by atoms with Crippen LogP contribution in [-0.2, 0) is 13.6 Å². The van der Waals surface area contributed by atoms with Crippen LogP contribution in [0.2, 0.25) is 0 Å². The topological polar surface area (TPSA) is 44.8 Å². The molecule has 0 fully saturated rings. The largest absolute Gasteiger partial charge is 0.497 e. The van der Waals surface area contributed by atoms with E-state index in [1.54, 1.807) is 27.0 Å². The molecule has 1 rings (SSSR count). The van der Waals surface area contributed by atoms with Gasteiger partial charge in [0.25, 0.3) is 0 Å². The maximum atomic E-state index is 12.3. The van der Waals surface area contributed by atoms with Gasteiger partial charge < -0.3 is 13.8 Å². The maximum Gasteiger partial charge on any atom is 0.354 e. The van der Waals surface area contributed by atoms with E-state index in [1.807, 2.05) is 37.3 Å². The van der Waals surface area contributed by atoms with Crippen molar-refractivity contribution < 1.29 is 18.3 Å². The van der Waals surface area contributed by atoms with Gasteiger partial charge in [-0.25, -0.2) is 0 Å². The second kappa shape index (κ2) is 8.83. The van der Waals surface area contributed by atoms with E-state index in [-0.39, 0.29) is 0 Å². The molecule has 0 N–H and O–H groups in total. The lowest BCUT2D eigenvalue weighted by Gasteiger charge is -2.12. The van der Waals surface area contributed by atoms with Crippen LogP contribution in [0.15, 0.2) is 41.7 Å². The van der Waals surface area contributed by atoms with Crippen LogP contribution < -0.4 is 4.74 Å². The molecule has 1 aromatic rings. The fourth-order valence-electron chi connectivity index (χ4n) is 1.70. The fraction of sp³-hybridized carbons (Fsp3) is 0.375. The van der Waals surface area contributed by atoms with Gasteiger partial charge in [0.05, 0.1) is 20.3 Å². The zero-order chi connectivity index (χ0) is 15.7. The van der Waals surface area contributed by atoms with E-state index in [4.69, 9.17) is 13.8 Å². The number of hydrogen-bond donors (Lipinski definition) is 0. The molecule has 0 spiro atoms. The Morgan fingerprint density at radius 3 is 2.19 bits per heavy atom. The number of ether oxygens (including phenoxy) is 1. The Labute approximate surface area is 127 Å².